The Morgan fingerprint density at radius 2 is 2.35 bits per heavy atom. The molecule has 0 unspecified atom stereocenters. The van der Waals surface area contributed by atoms with Crippen molar-refractivity contribution in [2.75, 3.05) is 19.8 Å². The lowest BCUT2D eigenvalue weighted by molar-refractivity contribution is 0.120. The van der Waals surface area contributed by atoms with Crippen LogP contribution in [0.15, 0.2) is 6.20 Å². The van der Waals surface area contributed by atoms with Crippen LogP contribution in [0.25, 0.3) is 0 Å². The predicted molar refractivity (Wildman–Crippen MR) is 61.1 cm³/mol. The molecule has 1 aromatic rings. The molecule has 0 amide bonds. The molecule has 0 spiro atoms. The van der Waals surface area contributed by atoms with Gasteiger partial charge in [-0.3, -0.25) is 9.58 Å². The van der Waals surface area contributed by atoms with Gasteiger partial charge in [0.05, 0.1) is 19.3 Å². The predicted octanol–water partition coefficient (Wildman–Crippen LogP) is 0.594. The number of hydrogen-bond donors (Lipinski definition) is 1. The van der Waals surface area contributed by atoms with E-state index in [1.54, 1.807) is 10.9 Å². The Bertz CT molecular complexity index is 342. The number of piperidine rings is 1. The molecule has 6 heteroatoms. The molecule has 2 rings (SSSR count). The Kier molecular flexibility index (Phi) is 4.44. The van der Waals surface area contributed by atoms with E-state index in [0.717, 1.165) is 25.9 Å². The van der Waals surface area contributed by atoms with Gasteiger partial charge in [-0.15, -0.1) is 5.10 Å². The van der Waals surface area contributed by atoms with E-state index in [1.807, 2.05) is 0 Å². The average molecular weight is 242 g/mol. The highest BCUT2D eigenvalue weighted by Crippen LogP contribution is 2.18. The maximum absolute atomic E-state index is 12.4. The number of aliphatic hydroxyl groups is 1. The van der Waals surface area contributed by atoms with Crippen molar-refractivity contribution >= 4 is 0 Å². The van der Waals surface area contributed by atoms with Gasteiger partial charge in [0.1, 0.15) is 12.4 Å². The van der Waals surface area contributed by atoms with Gasteiger partial charge < -0.3 is 5.11 Å². The Hall–Kier alpha value is -1.01. The quantitative estimate of drug-likeness (QED) is 0.821. The molecule has 1 aromatic heterocycles. The van der Waals surface area contributed by atoms with Crippen molar-refractivity contribution < 1.29 is 9.50 Å². The van der Waals surface area contributed by atoms with Crippen LogP contribution >= 0.6 is 0 Å². The maximum Gasteiger partial charge on any atom is 0.108 e. The summed E-state index contributed by atoms with van der Waals surface area (Å²) in [7, 11) is 0. The number of likely N-dealkylation sites (tertiary alicyclic amines) is 1. The van der Waals surface area contributed by atoms with Gasteiger partial charge >= 0.3 is 0 Å². The molecule has 5 nitrogen and oxygen atoms in total. The largest absolute Gasteiger partial charge is 0.390 e. The molecular formula is C11H19FN4O. The summed E-state index contributed by atoms with van der Waals surface area (Å²) in [6.07, 6.45) is 5.17. The number of aliphatic hydroxyl groups excluding tert-OH is 1. The van der Waals surface area contributed by atoms with E-state index < -0.39 is 0 Å². The Morgan fingerprint density at radius 1 is 1.47 bits per heavy atom. The molecule has 17 heavy (non-hydrogen) atoms. The zero-order chi connectivity index (χ0) is 12.1. The summed E-state index contributed by atoms with van der Waals surface area (Å²) in [6.45, 7) is 1.82. The van der Waals surface area contributed by atoms with Crippen LogP contribution in [0.4, 0.5) is 4.39 Å². The van der Waals surface area contributed by atoms with Crippen molar-refractivity contribution in [3.05, 3.63) is 11.9 Å². The van der Waals surface area contributed by atoms with Crippen LogP contribution in [0.3, 0.4) is 0 Å². The van der Waals surface area contributed by atoms with Gasteiger partial charge in [0, 0.05) is 12.6 Å². The fourth-order valence-corrected chi connectivity index (χ4v) is 2.39. The molecule has 1 N–H and O–H groups in total. The second kappa shape index (κ2) is 6.07. The number of alkyl halides is 1. The molecule has 0 radical (unpaired) electrons. The van der Waals surface area contributed by atoms with Crippen molar-refractivity contribution in [1.29, 1.82) is 0 Å². The van der Waals surface area contributed by atoms with E-state index in [2.05, 4.69) is 15.2 Å². The Morgan fingerprint density at radius 3 is 3.06 bits per heavy atom. The highest BCUT2D eigenvalue weighted by Gasteiger charge is 2.22. The van der Waals surface area contributed by atoms with Gasteiger partial charge in [-0.1, -0.05) is 11.6 Å². The Labute approximate surface area is 100 Å². The standard InChI is InChI=1S/C11H19FN4O/c12-4-6-15-5-2-1-3-11(15)8-16-7-10(9-17)13-14-16/h7,11,17H,1-6,8-9H2/t11-/m0/s1. The second-order valence-electron chi connectivity index (χ2n) is 4.46. The third-order valence-electron chi connectivity index (χ3n) is 3.27. The van der Waals surface area contributed by atoms with Crippen molar-refractivity contribution in [2.45, 2.75) is 38.5 Å². The van der Waals surface area contributed by atoms with E-state index in [4.69, 9.17) is 5.11 Å². The Balaban J connectivity index is 1.95. The molecule has 1 saturated heterocycles. The monoisotopic (exact) mass is 242 g/mol. The first-order valence-electron chi connectivity index (χ1n) is 6.13. The minimum Gasteiger partial charge on any atom is -0.390 e. The van der Waals surface area contributed by atoms with E-state index in [0.29, 0.717) is 18.3 Å². The maximum atomic E-state index is 12.4. The highest BCUT2D eigenvalue weighted by atomic mass is 19.1. The SMILES string of the molecule is OCc1cn(C[C@@H]2CCCCN2CCF)nn1. The third kappa shape index (κ3) is 3.23. The van der Waals surface area contributed by atoms with Gasteiger partial charge in [-0.25, -0.2) is 4.39 Å². The third-order valence-corrected chi connectivity index (χ3v) is 3.27. The lowest BCUT2D eigenvalue weighted by Gasteiger charge is -2.34. The minimum absolute atomic E-state index is 0.0845. The van der Waals surface area contributed by atoms with Crippen molar-refractivity contribution in [1.82, 2.24) is 19.9 Å². The van der Waals surface area contributed by atoms with Gasteiger partial charge in [-0.2, -0.15) is 0 Å². The van der Waals surface area contributed by atoms with Crippen LogP contribution in [-0.2, 0) is 13.2 Å². The molecule has 0 bridgehead atoms. The highest BCUT2D eigenvalue weighted by molar-refractivity contribution is 4.90. The van der Waals surface area contributed by atoms with Crippen LogP contribution in [-0.4, -0.2) is 50.8 Å². The van der Waals surface area contributed by atoms with Crippen molar-refractivity contribution in [2.24, 2.45) is 0 Å². The zero-order valence-electron chi connectivity index (χ0n) is 9.93. The molecule has 96 valence electrons. The van der Waals surface area contributed by atoms with Gasteiger partial charge in [0.25, 0.3) is 0 Å². The van der Waals surface area contributed by atoms with Crippen LogP contribution in [0.2, 0.25) is 0 Å². The number of hydrogen-bond acceptors (Lipinski definition) is 4. The zero-order valence-corrected chi connectivity index (χ0v) is 9.93. The first-order valence-corrected chi connectivity index (χ1v) is 6.13. The van der Waals surface area contributed by atoms with Crippen molar-refractivity contribution in [3.8, 4) is 0 Å². The van der Waals surface area contributed by atoms with Gasteiger partial charge in [-0.05, 0) is 19.4 Å². The fourth-order valence-electron chi connectivity index (χ4n) is 2.39. The first-order chi connectivity index (χ1) is 8.33. The second-order valence-corrected chi connectivity index (χ2v) is 4.46. The number of nitrogens with zero attached hydrogens (tertiary/aromatic N) is 4. The molecule has 1 fully saturated rings. The van der Waals surface area contributed by atoms with E-state index in [-0.39, 0.29) is 13.3 Å². The van der Waals surface area contributed by atoms with E-state index in [9.17, 15) is 4.39 Å². The summed E-state index contributed by atoms with van der Waals surface area (Å²) in [5, 5.41) is 16.7. The summed E-state index contributed by atoms with van der Waals surface area (Å²) >= 11 is 0. The lowest BCUT2D eigenvalue weighted by atomic mass is 10.0. The summed E-state index contributed by atoms with van der Waals surface area (Å²) in [5.74, 6) is 0. The first kappa shape index (κ1) is 12.4. The number of rotatable bonds is 5. The summed E-state index contributed by atoms with van der Waals surface area (Å²) in [5.41, 5.74) is 0.581. The smallest absolute Gasteiger partial charge is 0.108 e. The topological polar surface area (TPSA) is 54.2 Å². The van der Waals surface area contributed by atoms with Gasteiger partial charge in [0.2, 0.25) is 0 Å². The normalized spacial score (nSPS) is 21.9. The molecular weight excluding hydrogens is 223 g/mol. The number of halogens is 1. The molecule has 1 atom stereocenters. The minimum atomic E-state index is -0.296. The molecule has 0 saturated carbocycles. The fraction of sp³-hybridized carbons (Fsp3) is 0.818. The van der Waals surface area contributed by atoms with Crippen molar-refractivity contribution in [3.63, 3.8) is 0 Å². The molecule has 1 aliphatic rings. The van der Waals surface area contributed by atoms with Crippen LogP contribution in [0, 0.1) is 0 Å². The summed E-state index contributed by atoms with van der Waals surface area (Å²) < 4.78 is 14.2. The van der Waals surface area contributed by atoms with Crippen LogP contribution in [0.5, 0.6) is 0 Å². The summed E-state index contributed by atoms with van der Waals surface area (Å²) in [6, 6.07) is 0.341. The van der Waals surface area contributed by atoms with E-state index >= 15 is 0 Å². The summed E-state index contributed by atoms with van der Waals surface area (Å²) in [4.78, 5) is 2.18. The lowest BCUT2D eigenvalue weighted by Crippen LogP contribution is -2.43. The van der Waals surface area contributed by atoms with Gasteiger partial charge in [0.15, 0.2) is 0 Å². The van der Waals surface area contributed by atoms with Crippen LogP contribution in [0.1, 0.15) is 25.0 Å². The number of aromatic nitrogens is 3. The molecule has 2 heterocycles. The molecule has 0 aromatic carbocycles. The van der Waals surface area contributed by atoms with Crippen LogP contribution < -0.4 is 0 Å². The molecule has 0 aliphatic carbocycles. The molecule has 1 aliphatic heterocycles. The average Bonchev–Trinajstić information content (AvgIpc) is 2.80. The van der Waals surface area contributed by atoms with E-state index in [1.165, 1.54) is 6.42 Å².